The van der Waals surface area contributed by atoms with Crippen molar-refractivity contribution in [2.24, 2.45) is 0 Å². The maximum atomic E-state index is 12.7. The second-order valence-corrected chi connectivity index (χ2v) is 3.94. The maximum absolute atomic E-state index is 12.7. The summed E-state index contributed by atoms with van der Waals surface area (Å²) < 4.78 is 12.7. The Labute approximate surface area is 110 Å². The van der Waals surface area contributed by atoms with E-state index in [1.807, 2.05) is 6.92 Å². The van der Waals surface area contributed by atoms with E-state index in [1.54, 1.807) is 12.1 Å². The van der Waals surface area contributed by atoms with E-state index in [4.69, 9.17) is 0 Å². The number of nitrogens with zero attached hydrogens (tertiary/aromatic N) is 2. The van der Waals surface area contributed by atoms with Crippen LogP contribution in [0.3, 0.4) is 0 Å². The van der Waals surface area contributed by atoms with E-state index in [9.17, 15) is 14.3 Å². The number of halogens is 1. The van der Waals surface area contributed by atoms with Crippen molar-refractivity contribution in [3.05, 3.63) is 54.1 Å². The molecule has 1 amide bonds. The number of hydrogen-bond acceptors (Lipinski definition) is 3. The smallest absolute Gasteiger partial charge is 0.259 e. The van der Waals surface area contributed by atoms with Gasteiger partial charge in [-0.3, -0.25) is 4.79 Å². The monoisotopic (exact) mass is 260 g/mol. The molecule has 98 valence electrons. The van der Waals surface area contributed by atoms with Crippen molar-refractivity contribution in [2.45, 2.75) is 6.92 Å². The Morgan fingerprint density at radius 1 is 1.37 bits per heavy atom. The molecule has 0 atom stereocenters. The van der Waals surface area contributed by atoms with Gasteiger partial charge in [0.1, 0.15) is 5.75 Å². The van der Waals surface area contributed by atoms with Crippen molar-refractivity contribution >= 4 is 11.6 Å². The lowest BCUT2D eigenvalue weighted by molar-refractivity contribution is 0.0988. The minimum Gasteiger partial charge on any atom is -0.508 e. The number of carbonyl (C=O) groups is 1. The largest absolute Gasteiger partial charge is 0.508 e. The van der Waals surface area contributed by atoms with Crippen LogP contribution in [0.15, 0.2) is 42.6 Å². The molecule has 0 radical (unpaired) electrons. The van der Waals surface area contributed by atoms with Crippen LogP contribution in [-0.4, -0.2) is 22.5 Å². The SMILES string of the molecule is CCN(C(=O)c1ccc(F)nc1)c1cccc(O)c1. The summed E-state index contributed by atoms with van der Waals surface area (Å²) in [6.07, 6.45) is 1.20. The average molecular weight is 260 g/mol. The fourth-order valence-corrected chi connectivity index (χ4v) is 1.76. The van der Waals surface area contributed by atoms with Gasteiger partial charge in [-0.2, -0.15) is 4.39 Å². The number of phenolic OH excluding ortho intramolecular Hbond substituents is 1. The molecule has 0 aliphatic heterocycles. The molecule has 0 spiro atoms. The van der Waals surface area contributed by atoms with E-state index < -0.39 is 5.95 Å². The highest BCUT2D eigenvalue weighted by Crippen LogP contribution is 2.21. The van der Waals surface area contributed by atoms with Crippen LogP contribution in [0, 0.1) is 5.95 Å². The summed E-state index contributed by atoms with van der Waals surface area (Å²) in [5.74, 6) is -0.835. The van der Waals surface area contributed by atoms with Crippen molar-refractivity contribution in [1.82, 2.24) is 4.98 Å². The fraction of sp³-hybridized carbons (Fsp3) is 0.143. The molecule has 0 unspecified atom stereocenters. The van der Waals surface area contributed by atoms with E-state index in [-0.39, 0.29) is 11.7 Å². The minimum absolute atomic E-state index is 0.0842. The van der Waals surface area contributed by atoms with Gasteiger partial charge in [0.05, 0.1) is 5.56 Å². The van der Waals surface area contributed by atoms with Crippen LogP contribution in [0.25, 0.3) is 0 Å². The first-order valence-electron chi connectivity index (χ1n) is 5.84. The summed E-state index contributed by atoms with van der Waals surface area (Å²) in [6, 6.07) is 8.93. The molecular formula is C14H13FN2O2. The van der Waals surface area contributed by atoms with Crippen LogP contribution >= 0.6 is 0 Å². The Balaban J connectivity index is 2.31. The lowest BCUT2D eigenvalue weighted by Gasteiger charge is -2.21. The third-order valence-electron chi connectivity index (χ3n) is 2.68. The number of hydrogen-bond donors (Lipinski definition) is 1. The van der Waals surface area contributed by atoms with Gasteiger partial charge in [-0.1, -0.05) is 6.07 Å². The maximum Gasteiger partial charge on any atom is 0.259 e. The van der Waals surface area contributed by atoms with Crippen LogP contribution in [0.5, 0.6) is 5.75 Å². The number of pyridine rings is 1. The molecule has 1 aromatic heterocycles. The fourth-order valence-electron chi connectivity index (χ4n) is 1.76. The van der Waals surface area contributed by atoms with Gasteiger partial charge in [-0.05, 0) is 31.2 Å². The number of carbonyl (C=O) groups excluding carboxylic acids is 1. The molecule has 5 heteroatoms. The van der Waals surface area contributed by atoms with Crippen LogP contribution in [0.1, 0.15) is 17.3 Å². The summed E-state index contributed by atoms with van der Waals surface area (Å²) in [7, 11) is 0. The van der Waals surface area contributed by atoms with Gasteiger partial charge >= 0.3 is 0 Å². The first-order valence-corrected chi connectivity index (χ1v) is 5.84. The molecule has 4 nitrogen and oxygen atoms in total. The van der Waals surface area contributed by atoms with Crippen molar-refractivity contribution in [3.8, 4) is 5.75 Å². The highest BCUT2D eigenvalue weighted by Gasteiger charge is 2.16. The van der Waals surface area contributed by atoms with Gasteiger partial charge in [0.25, 0.3) is 5.91 Å². The summed E-state index contributed by atoms with van der Waals surface area (Å²) in [6.45, 7) is 2.25. The molecule has 0 aliphatic carbocycles. The highest BCUT2D eigenvalue weighted by molar-refractivity contribution is 6.05. The van der Waals surface area contributed by atoms with Gasteiger partial charge in [0.15, 0.2) is 0 Å². The molecule has 2 aromatic rings. The third kappa shape index (κ3) is 2.88. The zero-order valence-corrected chi connectivity index (χ0v) is 10.4. The quantitative estimate of drug-likeness (QED) is 0.863. The molecule has 0 bridgehead atoms. The molecule has 1 aromatic carbocycles. The number of aromatic nitrogens is 1. The zero-order valence-electron chi connectivity index (χ0n) is 10.4. The number of amides is 1. The first-order chi connectivity index (χ1) is 9.11. The molecule has 0 saturated heterocycles. The van der Waals surface area contributed by atoms with Crippen molar-refractivity contribution in [2.75, 3.05) is 11.4 Å². The molecular weight excluding hydrogens is 247 g/mol. The third-order valence-corrected chi connectivity index (χ3v) is 2.68. The zero-order chi connectivity index (χ0) is 13.8. The molecule has 1 heterocycles. The second-order valence-electron chi connectivity index (χ2n) is 3.94. The Morgan fingerprint density at radius 3 is 2.74 bits per heavy atom. The summed E-state index contributed by atoms with van der Waals surface area (Å²) in [5, 5.41) is 9.45. The van der Waals surface area contributed by atoms with Crippen molar-refractivity contribution in [1.29, 1.82) is 0 Å². The number of aromatic hydroxyl groups is 1. The van der Waals surface area contributed by atoms with Gasteiger partial charge in [0.2, 0.25) is 5.95 Å². The van der Waals surface area contributed by atoms with E-state index >= 15 is 0 Å². The highest BCUT2D eigenvalue weighted by atomic mass is 19.1. The van der Waals surface area contributed by atoms with Gasteiger partial charge in [-0.25, -0.2) is 4.98 Å². The average Bonchev–Trinajstić information content (AvgIpc) is 2.40. The number of benzene rings is 1. The topological polar surface area (TPSA) is 53.4 Å². The van der Waals surface area contributed by atoms with E-state index in [2.05, 4.69) is 4.98 Å². The normalized spacial score (nSPS) is 10.2. The molecule has 2 rings (SSSR count). The van der Waals surface area contributed by atoms with E-state index in [0.29, 0.717) is 17.8 Å². The van der Waals surface area contributed by atoms with Gasteiger partial charge in [0, 0.05) is 24.5 Å². The van der Waals surface area contributed by atoms with E-state index in [1.165, 1.54) is 29.3 Å². The molecule has 0 aliphatic rings. The Bertz CT molecular complexity index is 584. The predicted octanol–water partition coefficient (Wildman–Crippen LogP) is 2.59. The standard InChI is InChI=1S/C14H13FN2O2/c1-2-17(11-4-3-5-12(18)8-11)14(19)10-6-7-13(15)16-9-10/h3-9,18H,2H2,1H3. The lowest BCUT2D eigenvalue weighted by atomic mass is 10.2. The Hall–Kier alpha value is -2.43. The van der Waals surface area contributed by atoms with Crippen LogP contribution in [-0.2, 0) is 0 Å². The number of anilines is 1. The van der Waals surface area contributed by atoms with Crippen LogP contribution in [0.2, 0.25) is 0 Å². The lowest BCUT2D eigenvalue weighted by Crippen LogP contribution is -2.30. The first kappa shape index (κ1) is 13.0. The van der Waals surface area contributed by atoms with E-state index in [0.717, 1.165) is 6.07 Å². The Kier molecular flexibility index (Phi) is 3.75. The predicted molar refractivity (Wildman–Crippen MR) is 69.7 cm³/mol. The summed E-state index contributed by atoms with van der Waals surface area (Å²) in [5.41, 5.74) is 0.878. The van der Waals surface area contributed by atoms with Crippen LogP contribution < -0.4 is 4.90 Å². The van der Waals surface area contributed by atoms with Crippen molar-refractivity contribution < 1.29 is 14.3 Å². The molecule has 19 heavy (non-hydrogen) atoms. The second kappa shape index (κ2) is 5.48. The number of phenols is 1. The van der Waals surface area contributed by atoms with Crippen molar-refractivity contribution in [3.63, 3.8) is 0 Å². The Morgan fingerprint density at radius 2 is 2.16 bits per heavy atom. The molecule has 1 N–H and O–H groups in total. The number of rotatable bonds is 3. The molecule has 0 fully saturated rings. The molecule has 0 saturated carbocycles. The summed E-state index contributed by atoms with van der Waals surface area (Å²) in [4.78, 5) is 17.2. The summed E-state index contributed by atoms with van der Waals surface area (Å²) >= 11 is 0. The van der Waals surface area contributed by atoms with Gasteiger partial charge < -0.3 is 10.0 Å². The van der Waals surface area contributed by atoms with Crippen LogP contribution in [0.4, 0.5) is 10.1 Å². The minimum atomic E-state index is -0.628. The van der Waals surface area contributed by atoms with Gasteiger partial charge in [-0.15, -0.1) is 0 Å².